The lowest BCUT2D eigenvalue weighted by molar-refractivity contribution is -0.140. The molecule has 104 valence electrons. The van der Waals surface area contributed by atoms with E-state index in [-0.39, 0.29) is 5.69 Å². The first-order valence-electron chi connectivity index (χ1n) is 5.26. The van der Waals surface area contributed by atoms with Gasteiger partial charge in [0.05, 0.1) is 11.3 Å². The minimum Gasteiger partial charge on any atom is -0.324 e. The lowest BCUT2D eigenvalue weighted by Crippen LogP contribution is -2.48. The Kier molecular flexibility index (Phi) is 2.71. The van der Waals surface area contributed by atoms with Crippen LogP contribution in [0.4, 0.5) is 18.9 Å². The molecule has 0 saturated carbocycles. The topological polar surface area (TPSA) is 63.2 Å². The molecule has 2 rings (SSSR count). The highest BCUT2D eigenvalue weighted by Gasteiger charge is 2.51. The first-order chi connectivity index (χ1) is 8.49. The van der Waals surface area contributed by atoms with Crippen LogP contribution in [0.5, 0.6) is 0 Å². The maximum absolute atomic E-state index is 12.9. The number of anilines is 1. The van der Waals surface area contributed by atoms with E-state index in [0.29, 0.717) is 6.07 Å². The van der Waals surface area contributed by atoms with Gasteiger partial charge in [-0.2, -0.15) is 13.2 Å². The molecule has 0 bridgehead atoms. The molecule has 1 aliphatic heterocycles. The number of carbonyl (C=O) groups excluding carboxylic acids is 1. The predicted molar refractivity (Wildman–Crippen MR) is 61.3 cm³/mol. The second-order valence-corrected chi connectivity index (χ2v) is 7.08. The van der Waals surface area contributed by atoms with Crippen molar-refractivity contribution in [1.29, 1.82) is 0 Å². The van der Waals surface area contributed by atoms with Crippen LogP contribution in [0.3, 0.4) is 0 Å². The summed E-state index contributed by atoms with van der Waals surface area (Å²) in [7, 11) is -4.42. The van der Waals surface area contributed by atoms with Crippen LogP contribution in [0.25, 0.3) is 0 Å². The van der Waals surface area contributed by atoms with Crippen LogP contribution < -0.4 is 5.32 Å². The molecule has 19 heavy (non-hydrogen) atoms. The lowest BCUT2D eigenvalue weighted by atomic mass is 10.1. The van der Waals surface area contributed by atoms with Gasteiger partial charge in [-0.05, 0) is 26.0 Å². The predicted octanol–water partition coefficient (Wildman–Crippen LogP) is 2.21. The van der Waals surface area contributed by atoms with Gasteiger partial charge in [0.1, 0.15) is 9.64 Å². The van der Waals surface area contributed by atoms with Crippen molar-refractivity contribution >= 4 is 21.4 Å². The standard InChI is InChI=1S/C11H10F3NO3S/c1-10(2)9(16)15-7-5-3-4-6(11(12,13)14)8(7)19(10,17)18/h3-5H,1-2H3,(H,15,16). The number of amides is 1. The first-order valence-corrected chi connectivity index (χ1v) is 6.74. The maximum atomic E-state index is 12.9. The van der Waals surface area contributed by atoms with E-state index in [1.807, 2.05) is 0 Å². The largest absolute Gasteiger partial charge is 0.417 e. The highest BCUT2D eigenvalue weighted by molar-refractivity contribution is 7.94. The molecule has 1 aromatic carbocycles. The first kappa shape index (κ1) is 13.9. The molecule has 8 heteroatoms. The summed E-state index contributed by atoms with van der Waals surface area (Å²) in [6.45, 7) is 2.15. The summed E-state index contributed by atoms with van der Waals surface area (Å²) >= 11 is 0. The molecule has 1 aromatic rings. The number of alkyl halides is 3. The smallest absolute Gasteiger partial charge is 0.324 e. The molecule has 1 N–H and O–H groups in total. The maximum Gasteiger partial charge on any atom is 0.417 e. The van der Waals surface area contributed by atoms with Gasteiger partial charge in [0.15, 0.2) is 9.84 Å². The molecule has 0 unspecified atom stereocenters. The van der Waals surface area contributed by atoms with Crippen molar-refractivity contribution in [2.45, 2.75) is 29.7 Å². The fraction of sp³-hybridized carbons (Fsp3) is 0.364. The Balaban J connectivity index is 2.87. The van der Waals surface area contributed by atoms with Crippen LogP contribution in [0.2, 0.25) is 0 Å². The van der Waals surface area contributed by atoms with E-state index in [1.165, 1.54) is 0 Å². The average Bonchev–Trinajstić information content (AvgIpc) is 2.25. The molecule has 1 amide bonds. The Morgan fingerprint density at radius 3 is 2.32 bits per heavy atom. The van der Waals surface area contributed by atoms with Crippen molar-refractivity contribution in [2.24, 2.45) is 0 Å². The molecule has 0 aliphatic carbocycles. The van der Waals surface area contributed by atoms with Gasteiger partial charge in [-0.3, -0.25) is 4.79 Å². The second kappa shape index (κ2) is 3.72. The van der Waals surface area contributed by atoms with Gasteiger partial charge in [0, 0.05) is 0 Å². The van der Waals surface area contributed by atoms with Gasteiger partial charge < -0.3 is 5.32 Å². The minimum absolute atomic E-state index is 0.334. The van der Waals surface area contributed by atoms with Crippen molar-refractivity contribution in [3.63, 3.8) is 0 Å². The Bertz CT molecular complexity index is 662. The fourth-order valence-electron chi connectivity index (χ4n) is 1.80. The molecule has 0 radical (unpaired) electrons. The van der Waals surface area contributed by atoms with E-state index in [0.717, 1.165) is 26.0 Å². The lowest BCUT2D eigenvalue weighted by Gasteiger charge is -2.31. The van der Waals surface area contributed by atoms with Crippen molar-refractivity contribution in [3.8, 4) is 0 Å². The minimum atomic E-state index is -4.81. The summed E-state index contributed by atoms with van der Waals surface area (Å²) in [4.78, 5) is 10.8. The number of sulfone groups is 1. The molecule has 1 heterocycles. The Morgan fingerprint density at radius 2 is 1.79 bits per heavy atom. The molecule has 0 saturated heterocycles. The molecule has 0 aromatic heterocycles. The third kappa shape index (κ3) is 1.81. The number of halogens is 3. The Labute approximate surface area is 107 Å². The fourth-order valence-corrected chi connectivity index (χ4v) is 3.49. The molecule has 1 aliphatic rings. The van der Waals surface area contributed by atoms with Gasteiger partial charge in [0.2, 0.25) is 5.91 Å². The highest BCUT2D eigenvalue weighted by atomic mass is 32.2. The monoisotopic (exact) mass is 293 g/mol. The van der Waals surface area contributed by atoms with Crippen molar-refractivity contribution in [3.05, 3.63) is 23.8 Å². The number of fused-ring (bicyclic) bond motifs is 1. The molecule has 4 nitrogen and oxygen atoms in total. The van der Waals surface area contributed by atoms with Gasteiger partial charge in [-0.25, -0.2) is 8.42 Å². The van der Waals surface area contributed by atoms with Crippen LogP contribution in [0.1, 0.15) is 19.4 Å². The van der Waals surface area contributed by atoms with E-state index < -0.39 is 37.1 Å². The van der Waals surface area contributed by atoms with Crippen molar-refractivity contribution < 1.29 is 26.4 Å². The average molecular weight is 293 g/mol. The molecular weight excluding hydrogens is 283 g/mol. The quantitative estimate of drug-likeness (QED) is 0.797. The summed E-state index contributed by atoms with van der Waals surface area (Å²) in [5.41, 5.74) is -1.60. The van der Waals surface area contributed by atoms with Crippen LogP contribution in [-0.4, -0.2) is 19.1 Å². The molecule has 0 spiro atoms. The number of nitrogens with one attached hydrogen (secondary N) is 1. The summed E-state index contributed by atoms with van der Waals surface area (Å²) < 4.78 is 61.2. The van der Waals surface area contributed by atoms with Crippen LogP contribution >= 0.6 is 0 Å². The second-order valence-electron chi connectivity index (χ2n) is 4.65. The normalized spacial score (nSPS) is 20.6. The van der Waals surface area contributed by atoms with Crippen LogP contribution in [-0.2, 0) is 20.8 Å². The highest BCUT2D eigenvalue weighted by Crippen LogP contribution is 2.44. The summed E-state index contributed by atoms with van der Waals surface area (Å²) in [5, 5.41) is 2.20. The zero-order valence-electron chi connectivity index (χ0n) is 10.00. The van der Waals surface area contributed by atoms with E-state index in [9.17, 15) is 26.4 Å². The third-order valence-corrected chi connectivity index (χ3v) is 5.56. The van der Waals surface area contributed by atoms with Crippen LogP contribution in [0.15, 0.2) is 23.1 Å². The Hall–Kier alpha value is -1.57. The zero-order chi connectivity index (χ0) is 14.6. The van der Waals surface area contributed by atoms with E-state index in [2.05, 4.69) is 5.32 Å². The summed E-state index contributed by atoms with van der Waals surface area (Å²) in [5.74, 6) is -0.848. The van der Waals surface area contributed by atoms with Gasteiger partial charge in [-0.15, -0.1) is 0 Å². The molecule has 0 atom stereocenters. The summed E-state index contributed by atoms with van der Waals surface area (Å²) in [6, 6.07) is 2.87. The van der Waals surface area contributed by atoms with Crippen LogP contribution in [0, 0.1) is 0 Å². The zero-order valence-corrected chi connectivity index (χ0v) is 10.8. The Morgan fingerprint density at radius 1 is 1.21 bits per heavy atom. The van der Waals surface area contributed by atoms with E-state index in [4.69, 9.17) is 0 Å². The molecular formula is C11H10F3NO3S. The number of benzene rings is 1. The SMILES string of the molecule is CC1(C)C(=O)Nc2cccc(C(F)(F)F)c2S1(=O)=O. The number of carbonyl (C=O) groups is 1. The summed E-state index contributed by atoms with van der Waals surface area (Å²) in [6.07, 6.45) is -4.81. The number of rotatable bonds is 0. The number of hydrogen-bond acceptors (Lipinski definition) is 3. The van der Waals surface area contributed by atoms with E-state index in [1.54, 1.807) is 0 Å². The van der Waals surface area contributed by atoms with E-state index >= 15 is 0 Å². The van der Waals surface area contributed by atoms with Crippen molar-refractivity contribution in [1.82, 2.24) is 0 Å². The van der Waals surface area contributed by atoms with Gasteiger partial charge >= 0.3 is 6.18 Å². The molecule has 0 fully saturated rings. The van der Waals surface area contributed by atoms with Gasteiger partial charge in [0.25, 0.3) is 0 Å². The van der Waals surface area contributed by atoms with Crippen molar-refractivity contribution in [2.75, 3.05) is 5.32 Å². The number of hydrogen-bond donors (Lipinski definition) is 1. The third-order valence-electron chi connectivity index (χ3n) is 3.06. The van der Waals surface area contributed by atoms with Gasteiger partial charge in [-0.1, -0.05) is 6.07 Å².